The van der Waals surface area contributed by atoms with Crippen molar-refractivity contribution < 1.29 is 9.53 Å². The topological polar surface area (TPSA) is 44.1 Å². The summed E-state index contributed by atoms with van der Waals surface area (Å²) in [5.41, 5.74) is 3.81. The maximum Gasteiger partial charge on any atom is 0.284 e. The first-order valence-electron chi connectivity index (χ1n) is 7.29. The van der Waals surface area contributed by atoms with Crippen LogP contribution in [0.1, 0.15) is 47.1 Å². The van der Waals surface area contributed by atoms with Gasteiger partial charge in [0.25, 0.3) is 5.91 Å². The Morgan fingerprint density at radius 2 is 2.00 bits per heavy atom. The van der Waals surface area contributed by atoms with Crippen LogP contribution < -0.4 is 4.74 Å². The molecule has 1 aromatic heterocycles. The predicted octanol–water partition coefficient (Wildman–Crippen LogP) is 4.30. The van der Waals surface area contributed by atoms with Crippen molar-refractivity contribution in [2.45, 2.75) is 40.5 Å². The molecular formula is C17H21ClN2O2. The molecule has 22 heavy (non-hydrogen) atoms. The summed E-state index contributed by atoms with van der Waals surface area (Å²) in [5, 5.41) is 5.02. The first-order valence-corrected chi connectivity index (χ1v) is 7.67. The normalized spacial score (nSPS) is 11.0. The Bertz CT molecular complexity index is 705. The lowest BCUT2D eigenvalue weighted by Gasteiger charge is -2.09. The molecule has 0 aliphatic carbocycles. The molecule has 2 aromatic rings. The molecule has 0 aliphatic heterocycles. The Kier molecular flexibility index (Phi) is 4.91. The van der Waals surface area contributed by atoms with E-state index in [4.69, 9.17) is 16.3 Å². The molecule has 0 saturated heterocycles. The average molecular weight is 321 g/mol. The Labute approximate surface area is 136 Å². The fraction of sp³-hybridized carbons (Fsp3) is 0.412. The standard InChI is InChI=1S/C17H21ClN2O2/c1-10(2)17-12(4)19-20(13(17)5)16(21)9-22-14-6-7-15(18)11(3)8-14/h6-8,10H,9H2,1-5H3. The number of aryl methyl sites for hydroxylation is 2. The van der Waals surface area contributed by atoms with Gasteiger partial charge in [-0.15, -0.1) is 0 Å². The molecule has 4 nitrogen and oxygen atoms in total. The maximum absolute atomic E-state index is 12.3. The molecule has 0 spiro atoms. The third kappa shape index (κ3) is 3.33. The highest BCUT2D eigenvalue weighted by molar-refractivity contribution is 6.31. The summed E-state index contributed by atoms with van der Waals surface area (Å²) in [6, 6.07) is 5.33. The first-order chi connectivity index (χ1) is 10.3. The van der Waals surface area contributed by atoms with Crippen LogP contribution in [-0.4, -0.2) is 22.3 Å². The summed E-state index contributed by atoms with van der Waals surface area (Å²) in [6.07, 6.45) is 0. The second-order valence-corrected chi connectivity index (χ2v) is 6.15. The van der Waals surface area contributed by atoms with Crippen molar-refractivity contribution in [2.24, 2.45) is 0 Å². The van der Waals surface area contributed by atoms with Gasteiger partial charge in [0.05, 0.1) is 5.69 Å². The number of hydrogen-bond donors (Lipinski definition) is 0. The number of hydrogen-bond acceptors (Lipinski definition) is 3. The molecule has 0 amide bonds. The van der Waals surface area contributed by atoms with Crippen LogP contribution in [-0.2, 0) is 0 Å². The lowest BCUT2D eigenvalue weighted by atomic mass is 10.0. The Balaban J connectivity index is 2.13. The summed E-state index contributed by atoms with van der Waals surface area (Å²) >= 11 is 5.97. The maximum atomic E-state index is 12.3. The molecule has 5 heteroatoms. The number of aromatic nitrogens is 2. The molecule has 1 aromatic carbocycles. The van der Waals surface area contributed by atoms with E-state index in [1.165, 1.54) is 4.68 Å². The number of rotatable bonds is 4. The zero-order valence-corrected chi connectivity index (χ0v) is 14.4. The van der Waals surface area contributed by atoms with Crippen molar-refractivity contribution in [3.63, 3.8) is 0 Å². The van der Waals surface area contributed by atoms with Gasteiger partial charge in [0.15, 0.2) is 6.61 Å². The number of nitrogens with zero attached hydrogens (tertiary/aromatic N) is 2. The number of ether oxygens (including phenoxy) is 1. The van der Waals surface area contributed by atoms with Crippen LogP contribution in [0.4, 0.5) is 0 Å². The van der Waals surface area contributed by atoms with E-state index in [1.54, 1.807) is 12.1 Å². The second-order valence-electron chi connectivity index (χ2n) is 5.74. The highest BCUT2D eigenvalue weighted by atomic mass is 35.5. The molecule has 0 fully saturated rings. The van der Waals surface area contributed by atoms with Gasteiger partial charge in [0, 0.05) is 10.7 Å². The van der Waals surface area contributed by atoms with Crippen LogP contribution in [0, 0.1) is 20.8 Å². The molecular weight excluding hydrogens is 300 g/mol. The molecule has 0 bridgehead atoms. The van der Waals surface area contributed by atoms with Gasteiger partial charge >= 0.3 is 0 Å². The van der Waals surface area contributed by atoms with Crippen molar-refractivity contribution in [1.82, 2.24) is 9.78 Å². The highest BCUT2D eigenvalue weighted by Gasteiger charge is 2.18. The van der Waals surface area contributed by atoms with Crippen LogP contribution >= 0.6 is 11.6 Å². The van der Waals surface area contributed by atoms with Crippen molar-refractivity contribution in [2.75, 3.05) is 6.61 Å². The monoisotopic (exact) mass is 320 g/mol. The number of halogens is 1. The fourth-order valence-electron chi connectivity index (χ4n) is 2.65. The van der Waals surface area contributed by atoms with E-state index < -0.39 is 0 Å². The quantitative estimate of drug-likeness (QED) is 0.843. The minimum absolute atomic E-state index is 0.0550. The molecule has 118 valence electrons. The van der Waals surface area contributed by atoms with Gasteiger partial charge in [0.2, 0.25) is 0 Å². The van der Waals surface area contributed by atoms with E-state index in [1.807, 2.05) is 26.8 Å². The minimum atomic E-state index is -0.180. The van der Waals surface area contributed by atoms with Gasteiger partial charge in [-0.3, -0.25) is 4.79 Å². The van der Waals surface area contributed by atoms with E-state index in [-0.39, 0.29) is 12.5 Å². The molecule has 0 saturated carbocycles. The largest absolute Gasteiger partial charge is 0.484 e. The smallest absolute Gasteiger partial charge is 0.284 e. The number of benzene rings is 1. The third-order valence-corrected chi connectivity index (χ3v) is 4.08. The van der Waals surface area contributed by atoms with Crippen molar-refractivity contribution in [3.8, 4) is 5.75 Å². The summed E-state index contributed by atoms with van der Waals surface area (Å²) in [5.74, 6) is 0.780. The summed E-state index contributed by atoms with van der Waals surface area (Å²) < 4.78 is 6.99. The molecule has 1 heterocycles. The van der Waals surface area contributed by atoms with E-state index >= 15 is 0 Å². The zero-order valence-electron chi connectivity index (χ0n) is 13.6. The lowest BCUT2D eigenvalue weighted by molar-refractivity contribution is 0.0818. The fourth-order valence-corrected chi connectivity index (χ4v) is 2.76. The Hall–Kier alpha value is -1.81. The summed E-state index contributed by atoms with van der Waals surface area (Å²) in [4.78, 5) is 12.3. The van der Waals surface area contributed by atoms with Crippen molar-refractivity contribution in [1.29, 1.82) is 0 Å². The molecule has 0 radical (unpaired) electrons. The molecule has 0 unspecified atom stereocenters. The highest BCUT2D eigenvalue weighted by Crippen LogP contribution is 2.23. The lowest BCUT2D eigenvalue weighted by Crippen LogP contribution is -2.21. The molecule has 2 rings (SSSR count). The van der Waals surface area contributed by atoms with Gasteiger partial charge in [-0.25, -0.2) is 4.68 Å². The van der Waals surface area contributed by atoms with Gasteiger partial charge in [0.1, 0.15) is 5.75 Å². The van der Waals surface area contributed by atoms with Gasteiger partial charge in [-0.05, 0) is 56.0 Å². The molecule has 0 N–H and O–H groups in total. The van der Waals surface area contributed by atoms with Gasteiger partial charge in [-0.1, -0.05) is 25.4 Å². The minimum Gasteiger partial charge on any atom is -0.484 e. The summed E-state index contributed by atoms with van der Waals surface area (Å²) in [6.45, 7) is 9.88. The number of carbonyl (C=O) groups is 1. The van der Waals surface area contributed by atoms with Crippen LogP contribution in [0.5, 0.6) is 5.75 Å². The number of carbonyl (C=O) groups excluding carboxylic acids is 1. The average Bonchev–Trinajstić information content (AvgIpc) is 2.75. The Morgan fingerprint density at radius 3 is 2.55 bits per heavy atom. The van der Waals surface area contributed by atoms with Crippen LogP contribution in [0.15, 0.2) is 18.2 Å². The van der Waals surface area contributed by atoms with E-state index in [0.29, 0.717) is 16.7 Å². The van der Waals surface area contributed by atoms with Crippen molar-refractivity contribution in [3.05, 3.63) is 45.7 Å². The van der Waals surface area contributed by atoms with Crippen LogP contribution in [0.25, 0.3) is 0 Å². The van der Waals surface area contributed by atoms with Gasteiger partial charge in [-0.2, -0.15) is 5.10 Å². The molecule has 0 aliphatic rings. The first kappa shape index (κ1) is 16.6. The zero-order chi connectivity index (χ0) is 16.4. The van der Waals surface area contributed by atoms with Crippen LogP contribution in [0.3, 0.4) is 0 Å². The summed E-state index contributed by atoms with van der Waals surface area (Å²) in [7, 11) is 0. The second kappa shape index (κ2) is 6.53. The van der Waals surface area contributed by atoms with Gasteiger partial charge < -0.3 is 4.74 Å². The predicted molar refractivity (Wildman–Crippen MR) is 88.1 cm³/mol. The third-order valence-electron chi connectivity index (χ3n) is 3.65. The SMILES string of the molecule is Cc1cc(OCC(=O)n2nc(C)c(C(C)C)c2C)ccc1Cl. The van der Waals surface area contributed by atoms with Crippen molar-refractivity contribution >= 4 is 17.5 Å². The molecule has 0 atom stereocenters. The van der Waals surface area contributed by atoms with E-state index in [2.05, 4.69) is 18.9 Å². The van der Waals surface area contributed by atoms with Crippen LogP contribution in [0.2, 0.25) is 5.02 Å². The van der Waals surface area contributed by atoms with E-state index in [0.717, 1.165) is 22.5 Å². The Morgan fingerprint density at radius 1 is 1.32 bits per heavy atom. The van der Waals surface area contributed by atoms with E-state index in [9.17, 15) is 4.79 Å².